The van der Waals surface area contributed by atoms with Gasteiger partial charge in [0.25, 0.3) is 0 Å². The molecule has 0 spiro atoms. The Hall–Kier alpha value is -1.84. The summed E-state index contributed by atoms with van der Waals surface area (Å²) >= 11 is 0. The highest BCUT2D eigenvalue weighted by molar-refractivity contribution is 5.85. The van der Waals surface area contributed by atoms with Crippen molar-refractivity contribution in [3.63, 3.8) is 0 Å². The Morgan fingerprint density at radius 3 is 2.63 bits per heavy atom. The van der Waals surface area contributed by atoms with E-state index in [1.807, 2.05) is 37.3 Å². The summed E-state index contributed by atoms with van der Waals surface area (Å²) in [6, 6.07) is 9.65. The molecule has 100 valence electrons. The maximum atomic E-state index is 11.9. The first kappa shape index (κ1) is 12.2. The van der Waals surface area contributed by atoms with E-state index >= 15 is 0 Å². The van der Waals surface area contributed by atoms with Crippen LogP contribution in [-0.4, -0.2) is 17.9 Å². The number of benzene rings is 1. The molecule has 1 saturated carbocycles. The van der Waals surface area contributed by atoms with Crippen LogP contribution in [0.15, 0.2) is 30.3 Å². The first-order chi connectivity index (χ1) is 9.09. The average Bonchev–Trinajstić information content (AvgIpc) is 3.19. The summed E-state index contributed by atoms with van der Waals surface area (Å²) in [4.78, 5) is 23.7. The molecule has 2 N–H and O–H groups in total. The van der Waals surface area contributed by atoms with Gasteiger partial charge in [-0.05, 0) is 25.3 Å². The van der Waals surface area contributed by atoms with Crippen LogP contribution >= 0.6 is 0 Å². The normalized spacial score (nSPS) is 29.9. The number of carbonyl (C=O) groups is 2. The largest absolute Gasteiger partial charge is 0.350 e. The second kappa shape index (κ2) is 4.37. The minimum Gasteiger partial charge on any atom is -0.350 e. The minimum atomic E-state index is -0.511. The molecule has 1 saturated heterocycles. The van der Waals surface area contributed by atoms with Gasteiger partial charge in [-0.15, -0.1) is 0 Å². The SMILES string of the molecule is CC1(c2ccccc2)NC(=O)CC1NC(=O)C1CC1. The van der Waals surface area contributed by atoms with Crippen molar-refractivity contribution in [1.82, 2.24) is 10.6 Å². The van der Waals surface area contributed by atoms with E-state index in [0.717, 1.165) is 18.4 Å². The van der Waals surface area contributed by atoms with Crippen LogP contribution in [0.5, 0.6) is 0 Å². The fraction of sp³-hybridized carbons (Fsp3) is 0.467. The van der Waals surface area contributed by atoms with Crippen LogP contribution in [0.2, 0.25) is 0 Å². The molecule has 2 unspecified atom stereocenters. The van der Waals surface area contributed by atoms with Crippen molar-refractivity contribution in [2.24, 2.45) is 5.92 Å². The molecule has 4 heteroatoms. The lowest BCUT2D eigenvalue weighted by molar-refractivity contribution is -0.123. The summed E-state index contributed by atoms with van der Waals surface area (Å²) in [5.41, 5.74) is 0.519. The monoisotopic (exact) mass is 258 g/mol. The van der Waals surface area contributed by atoms with Gasteiger partial charge in [0.05, 0.1) is 11.6 Å². The molecule has 1 aromatic rings. The van der Waals surface area contributed by atoms with Gasteiger partial charge < -0.3 is 10.6 Å². The second-order valence-corrected chi connectivity index (χ2v) is 5.66. The van der Waals surface area contributed by atoms with E-state index in [9.17, 15) is 9.59 Å². The zero-order valence-corrected chi connectivity index (χ0v) is 11.0. The van der Waals surface area contributed by atoms with E-state index in [2.05, 4.69) is 10.6 Å². The van der Waals surface area contributed by atoms with E-state index in [1.165, 1.54) is 0 Å². The van der Waals surface area contributed by atoms with Crippen LogP contribution in [0, 0.1) is 5.92 Å². The lowest BCUT2D eigenvalue weighted by Gasteiger charge is -2.32. The Balaban J connectivity index is 1.84. The van der Waals surface area contributed by atoms with Gasteiger partial charge in [-0.2, -0.15) is 0 Å². The van der Waals surface area contributed by atoms with Gasteiger partial charge in [-0.25, -0.2) is 0 Å². The Morgan fingerprint density at radius 1 is 1.32 bits per heavy atom. The molecule has 2 amide bonds. The highest BCUT2D eigenvalue weighted by Crippen LogP contribution is 2.34. The number of amides is 2. The summed E-state index contributed by atoms with van der Waals surface area (Å²) in [6.45, 7) is 1.98. The zero-order chi connectivity index (χ0) is 13.5. The molecular weight excluding hydrogens is 240 g/mol. The zero-order valence-electron chi connectivity index (χ0n) is 11.0. The summed E-state index contributed by atoms with van der Waals surface area (Å²) in [5, 5.41) is 6.05. The Morgan fingerprint density at radius 2 is 2.00 bits per heavy atom. The predicted octanol–water partition coefficient (Wildman–Crippen LogP) is 1.32. The topological polar surface area (TPSA) is 58.2 Å². The Labute approximate surface area is 112 Å². The average molecular weight is 258 g/mol. The maximum absolute atomic E-state index is 11.9. The summed E-state index contributed by atoms with van der Waals surface area (Å²) < 4.78 is 0. The second-order valence-electron chi connectivity index (χ2n) is 5.66. The van der Waals surface area contributed by atoms with Crippen molar-refractivity contribution >= 4 is 11.8 Å². The Kier molecular flexibility index (Phi) is 2.81. The molecule has 19 heavy (non-hydrogen) atoms. The molecule has 1 aliphatic carbocycles. The van der Waals surface area contributed by atoms with Gasteiger partial charge in [0.2, 0.25) is 11.8 Å². The summed E-state index contributed by atoms with van der Waals surface area (Å²) in [6.07, 6.45) is 2.30. The highest BCUT2D eigenvalue weighted by Gasteiger charge is 2.46. The fourth-order valence-electron chi connectivity index (χ4n) is 2.71. The van der Waals surface area contributed by atoms with Crippen molar-refractivity contribution in [2.45, 2.75) is 37.8 Å². The standard InChI is InChI=1S/C15H18N2O2/c1-15(11-5-3-2-4-6-11)12(9-13(18)17-15)16-14(19)10-7-8-10/h2-6,10,12H,7-9H2,1H3,(H,16,19)(H,17,18). The van der Waals surface area contributed by atoms with Crippen molar-refractivity contribution in [3.05, 3.63) is 35.9 Å². The molecule has 2 fully saturated rings. The molecule has 3 rings (SSSR count). The molecule has 1 aliphatic heterocycles. The van der Waals surface area contributed by atoms with Crippen molar-refractivity contribution < 1.29 is 9.59 Å². The molecule has 4 nitrogen and oxygen atoms in total. The molecule has 0 aromatic heterocycles. The van der Waals surface area contributed by atoms with Crippen LogP contribution in [0.3, 0.4) is 0 Å². The molecular formula is C15H18N2O2. The van der Waals surface area contributed by atoms with Crippen molar-refractivity contribution in [3.8, 4) is 0 Å². The molecule has 0 bridgehead atoms. The van der Waals surface area contributed by atoms with E-state index in [0.29, 0.717) is 6.42 Å². The highest BCUT2D eigenvalue weighted by atomic mass is 16.2. The van der Waals surface area contributed by atoms with Crippen LogP contribution in [-0.2, 0) is 15.1 Å². The maximum Gasteiger partial charge on any atom is 0.223 e. The van der Waals surface area contributed by atoms with Gasteiger partial charge in [0.15, 0.2) is 0 Å². The van der Waals surface area contributed by atoms with Crippen LogP contribution in [0.1, 0.15) is 31.7 Å². The van der Waals surface area contributed by atoms with E-state index in [4.69, 9.17) is 0 Å². The molecule has 1 heterocycles. The fourth-order valence-corrected chi connectivity index (χ4v) is 2.71. The van der Waals surface area contributed by atoms with Crippen molar-refractivity contribution in [1.29, 1.82) is 0 Å². The third-order valence-electron chi connectivity index (χ3n) is 4.12. The Bertz CT molecular complexity index is 510. The van der Waals surface area contributed by atoms with Gasteiger partial charge in [-0.3, -0.25) is 9.59 Å². The third-order valence-corrected chi connectivity index (χ3v) is 4.12. The van der Waals surface area contributed by atoms with E-state index in [1.54, 1.807) is 0 Å². The van der Waals surface area contributed by atoms with E-state index in [-0.39, 0.29) is 23.8 Å². The van der Waals surface area contributed by atoms with Gasteiger partial charge in [0, 0.05) is 12.3 Å². The molecule has 0 radical (unpaired) electrons. The number of rotatable bonds is 3. The van der Waals surface area contributed by atoms with Gasteiger partial charge in [-0.1, -0.05) is 30.3 Å². The summed E-state index contributed by atoms with van der Waals surface area (Å²) in [7, 11) is 0. The van der Waals surface area contributed by atoms with Gasteiger partial charge >= 0.3 is 0 Å². The minimum absolute atomic E-state index is 0.00699. The lowest BCUT2D eigenvalue weighted by atomic mass is 9.86. The number of hydrogen-bond donors (Lipinski definition) is 2. The van der Waals surface area contributed by atoms with E-state index < -0.39 is 5.54 Å². The molecule has 2 aliphatic rings. The van der Waals surface area contributed by atoms with Crippen molar-refractivity contribution in [2.75, 3.05) is 0 Å². The molecule has 2 atom stereocenters. The first-order valence-electron chi connectivity index (χ1n) is 6.76. The third kappa shape index (κ3) is 2.23. The lowest BCUT2D eigenvalue weighted by Crippen LogP contribution is -2.51. The van der Waals surface area contributed by atoms with Gasteiger partial charge in [0.1, 0.15) is 0 Å². The predicted molar refractivity (Wildman–Crippen MR) is 71.2 cm³/mol. The quantitative estimate of drug-likeness (QED) is 0.859. The van der Waals surface area contributed by atoms with Crippen LogP contribution in [0.25, 0.3) is 0 Å². The number of hydrogen-bond acceptors (Lipinski definition) is 2. The summed E-state index contributed by atoms with van der Waals surface area (Å²) in [5.74, 6) is 0.242. The number of nitrogens with one attached hydrogen (secondary N) is 2. The molecule has 1 aromatic carbocycles. The van der Waals surface area contributed by atoms with Crippen LogP contribution < -0.4 is 10.6 Å². The first-order valence-corrected chi connectivity index (χ1v) is 6.76. The smallest absolute Gasteiger partial charge is 0.223 e. The van der Waals surface area contributed by atoms with Crippen LogP contribution in [0.4, 0.5) is 0 Å². The number of carbonyl (C=O) groups excluding carboxylic acids is 2.